The maximum Gasteiger partial charge on any atom is 0.249 e. The van der Waals surface area contributed by atoms with Gasteiger partial charge in [-0.15, -0.1) is 0 Å². The van der Waals surface area contributed by atoms with Crippen LogP contribution in [0.25, 0.3) is 27.2 Å². The van der Waals surface area contributed by atoms with Gasteiger partial charge < -0.3 is 5.73 Å². The Labute approximate surface area is 126 Å². The highest BCUT2D eigenvalue weighted by atomic mass is 16.1. The number of benzene rings is 3. The van der Waals surface area contributed by atoms with Crippen molar-refractivity contribution in [3.05, 3.63) is 72.6 Å². The van der Waals surface area contributed by atoms with E-state index in [0.29, 0.717) is 5.56 Å². The molecule has 1 aromatic heterocycles. The van der Waals surface area contributed by atoms with Crippen molar-refractivity contribution in [3.8, 4) is 5.69 Å². The average molecular weight is 287 g/mol. The minimum absolute atomic E-state index is 0.405. The quantitative estimate of drug-likeness (QED) is 0.575. The number of nitrogens with zero attached hydrogens (tertiary/aromatic N) is 2. The van der Waals surface area contributed by atoms with Crippen LogP contribution in [0, 0.1) is 0 Å². The molecule has 0 aliphatic heterocycles. The third-order valence-electron chi connectivity index (χ3n) is 3.86. The van der Waals surface area contributed by atoms with E-state index < -0.39 is 5.91 Å². The van der Waals surface area contributed by atoms with Gasteiger partial charge in [-0.05, 0) is 57.9 Å². The lowest BCUT2D eigenvalue weighted by Crippen LogP contribution is -2.11. The first-order valence-electron chi connectivity index (χ1n) is 6.99. The van der Waals surface area contributed by atoms with Crippen LogP contribution in [0.5, 0.6) is 0 Å². The van der Waals surface area contributed by atoms with Crippen molar-refractivity contribution >= 4 is 27.5 Å². The van der Waals surface area contributed by atoms with E-state index in [1.807, 2.05) is 47.3 Å². The lowest BCUT2D eigenvalue weighted by molar-refractivity contribution is 0.100. The van der Waals surface area contributed by atoms with Crippen molar-refractivity contribution in [1.82, 2.24) is 9.78 Å². The number of rotatable bonds is 2. The molecule has 0 radical (unpaired) electrons. The molecule has 0 fully saturated rings. The second kappa shape index (κ2) is 4.70. The summed E-state index contributed by atoms with van der Waals surface area (Å²) in [6, 6.07) is 17.7. The van der Waals surface area contributed by atoms with Gasteiger partial charge in [0.25, 0.3) is 0 Å². The van der Waals surface area contributed by atoms with E-state index in [2.05, 4.69) is 17.2 Å². The van der Waals surface area contributed by atoms with Crippen LogP contribution in [-0.2, 0) is 0 Å². The Hall–Kier alpha value is -3.14. The van der Waals surface area contributed by atoms with Crippen LogP contribution in [0.3, 0.4) is 0 Å². The third kappa shape index (κ3) is 1.93. The number of carbonyl (C=O) groups is 1. The van der Waals surface area contributed by atoms with Crippen molar-refractivity contribution in [2.75, 3.05) is 0 Å². The number of hydrogen-bond donors (Lipinski definition) is 1. The fourth-order valence-corrected chi connectivity index (χ4v) is 2.79. The zero-order valence-corrected chi connectivity index (χ0v) is 11.7. The third-order valence-corrected chi connectivity index (χ3v) is 3.86. The summed E-state index contributed by atoms with van der Waals surface area (Å²) in [6.07, 6.45) is 3.66. The van der Waals surface area contributed by atoms with E-state index in [9.17, 15) is 4.79 Å². The number of fused-ring (bicyclic) bond motifs is 2. The number of carbonyl (C=O) groups excluding carboxylic acids is 1. The Bertz CT molecular complexity index is 1000. The van der Waals surface area contributed by atoms with Gasteiger partial charge in [0.05, 0.1) is 5.69 Å². The summed E-state index contributed by atoms with van der Waals surface area (Å²) in [4.78, 5) is 11.6. The molecule has 0 spiro atoms. The molecule has 0 saturated heterocycles. The van der Waals surface area contributed by atoms with Crippen LogP contribution in [0.4, 0.5) is 0 Å². The topological polar surface area (TPSA) is 60.9 Å². The van der Waals surface area contributed by atoms with Crippen molar-refractivity contribution in [1.29, 1.82) is 0 Å². The molecule has 0 aliphatic carbocycles. The fourth-order valence-electron chi connectivity index (χ4n) is 2.79. The van der Waals surface area contributed by atoms with Crippen LogP contribution in [0.15, 0.2) is 67.0 Å². The Morgan fingerprint density at radius 1 is 0.955 bits per heavy atom. The maximum atomic E-state index is 11.6. The Morgan fingerprint density at radius 3 is 2.64 bits per heavy atom. The molecule has 4 aromatic rings. The van der Waals surface area contributed by atoms with Crippen molar-refractivity contribution in [2.45, 2.75) is 0 Å². The van der Waals surface area contributed by atoms with E-state index in [0.717, 1.165) is 27.2 Å². The second-order valence-corrected chi connectivity index (χ2v) is 5.23. The first-order chi connectivity index (χ1) is 10.7. The molecule has 0 aliphatic rings. The maximum absolute atomic E-state index is 11.6. The van der Waals surface area contributed by atoms with Crippen molar-refractivity contribution in [2.24, 2.45) is 5.73 Å². The number of amides is 1. The predicted molar refractivity (Wildman–Crippen MR) is 87.1 cm³/mol. The van der Waals surface area contributed by atoms with Gasteiger partial charge in [-0.25, -0.2) is 4.68 Å². The summed E-state index contributed by atoms with van der Waals surface area (Å²) in [7, 11) is 0. The van der Waals surface area contributed by atoms with Crippen LogP contribution in [-0.4, -0.2) is 15.7 Å². The molecule has 3 aromatic carbocycles. The molecular formula is C18H13N3O. The van der Waals surface area contributed by atoms with Crippen LogP contribution >= 0.6 is 0 Å². The SMILES string of the molecule is NC(=O)c1cccc2cc3cc(-n4cccn4)ccc3cc12. The lowest BCUT2D eigenvalue weighted by atomic mass is 9.99. The molecule has 4 heteroatoms. The predicted octanol–water partition coefficient (Wildman–Crippen LogP) is 3.28. The lowest BCUT2D eigenvalue weighted by Gasteiger charge is -2.08. The Kier molecular flexibility index (Phi) is 2.69. The molecule has 0 bridgehead atoms. The van der Waals surface area contributed by atoms with Gasteiger partial charge in [0.1, 0.15) is 0 Å². The van der Waals surface area contributed by atoms with E-state index in [-0.39, 0.29) is 0 Å². The Morgan fingerprint density at radius 2 is 1.86 bits per heavy atom. The van der Waals surface area contributed by atoms with Gasteiger partial charge in [-0.1, -0.05) is 18.2 Å². The zero-order chi connectivity index (χ0) is 15.1. The monoisotopic (exact) mass is 287 g/mol. The van der Waals surface area contributed by atoms with Gasteiger partial charge in [0.15, 0.2) is 0 Å². The smallest absolute Gasteiger partial charge is 0.249 e. The first-order valence-corrected chi connectivity index (χ1v) is 6.99. The molecule has 4 rings (SSSR count). The number of aromatic nitrogens is 2. The normalized spacial score (nSPS) is 11.1. The molecule has 1 amide bonds. The molecule has 0 atom stereocenters. The molecule has 1 heterocycles. The second-order valence-electron chi connectivity index (χ2n) is 5.23. The van der Waals surface area contributed by atoms with Gasteiger partial charge in [0, 0.05) is 18.0 Å². The van der Waals surface area contributed by atoms with E-state index in [1.165, 1.54) is 0 Å². The molecule has 4 nitrogen and oxygen atoms in total. The summed E-state index contributed by atoms with van der Waals surface area (Å²) in [5.74, 6) is -0.405. The average Bonchev–Trinajstić information content (AvgIpc) is 3.06. The molecule has 0 saturated carbocycles. The molecular weight excluding hydrogens is 274 g/mol. The summed E-state index contributed by atoms with van der Waals surface area (Å²) in [6.45, 7) is 0. The van der Waals surface area contributed by atoms with Gasteiger partial charge in [-0.3, -0.25) is 4.79 Å². The van der Waals surface area contributed by atoms with E-state index in [4.69, 9.17) is 5.73 Å². The first kappa shape index (κ1) is 12.6. The minimum atomic E-state index is -0.405. The van der Waals surface area contributed by atoms with E-state index >= 15 is 0 Å². The van der Waals surface area contributed by atoms with Crippen molar-refractivity contribution < 1.29 is 4.79 Å². The summed E-state index contributed by atoms with van der Waals surface area (Å²) in [5.41, 5.74) is 7.02. The minimum Gasteiger partial charge on any atom is -0.366 e. The largest absolute Gasteiger partial charge is 0.366 e. The fraction of sp³-hybridized carbons (Fsp3) is 0. The van der Waals surface area contributed by atoms with Gasteiger partial charge in [0.2, 0.25) is 5.91 Å². The molecule has 0 unspecified atom stereocenters. The van der Waals surface area contributed by atoms with Crippen LogP contribution in [0.2, 0.25) is 0 Å². The molecule has 106 valence electrons. The van der Waals surface area contributed by atoms with E-state index in [1.54, 1.807) is 12.3 Å². The number of hydrogen-bond acceptors (Lipinski definition) is 2. The van der Waals surface area contributed by atoms with Gasteiger partial charge in [-0.2, -0.15) is 5.10 Å². The highest BCUT2D eigenvalue weighted by molar-refractivity contribution is 6.10. The highest BCUT2D eigenvalue weighted by Crippen LogP contribution is 2.27. The molecule has 2 N–H and O–H groups in total. The van der Waals surface area contributed by atoms with Gasteiger partial charge >= 0.3 is 0 Å². The Balaban J connectivity index is 1.99. The highest BCUT2D eigenvalue weighted by Gasteiger charge is 2.08. The molecule has 22 heavy (non-hydrogen) atoms. The van der Waals surface area contributed by atoms with Crippen molar-refractivity contribution in [3.63, 3.8) is 0 Å². The standard InChI is InChI=1S/C18H13N3O/c19-18(22)16-4-1-3-13-9-14-10-15(21-8-2-7-20-21)6-5-12(14)11-17(13)16/h1-11H,(H2,19,22). The van der Waals surface area contributed by atoms with Crippen LogP contribution < -0.4 is 5.73 Å². The summed E-state index contributed by atoms with van der Waals surface area (Å²) >= 11 is 0. The van der Waals surface area contributed by atoms with Crippen LogP contribution in [0.1, 0.15) is 10.4 Å². The zero-order valence-electron chi connectivity index (χ0n) is 11.7. The summed E-state index contributed by atoms with van der Waals surface area (Å²) in [5, 5.41) is 8.30. The number of nitrogens with two attached hydrogens (primary N) is 1. The summed E-state index contributed by atoms with van der Waals surface area (Å²) < 4.78 is 1.82. The number of primary amides is 1.